The molecular weight excluding hydrogens is 264 g/mol. The molecule has 5 heteroatoms. The molecule has 0 aromatic heterocycles. The predicted molar refractivity (Wildman–Crippen MR) is 64.6 cm³/mol. The monoisotopic (exact) mass is 271 g/mol. The van der Waals surface area contributed by atoms with Crippen molar-refractivity contribution in [1.29, 1.82) is 0 Å². The molecule has 1 aromatic carbocycles. The molecule has 78 valence electrons. The maximum Gasteiger partial charge on any atom is 0.194 e. The van der Waals surface area contributed by atoms with Crippen molar-refractivity contribution >= 4 is 52.1 Å². The Kier molecular flexibility index (Phi) is 3.81. The zero-order chi connectivity index (χ0) is 10.9. The quantitative estimate of drug-likeness (QED) is 0.603. The fraction of sp³-hybridized carbons (Fsp3) is 0.333. The molecule has 14 heavy (non-hydrogen) atoms. The Labute approximate surface area is 103 Å². The molecule has 0 saturated carbocycles. The van der Waals surface area contributed by atoms with Gasteiger partial charge >= 0.3 is 0 Å². The lowest BCUT2D eigenvalue weighted by Crippen LogP contribution is -2.09. The van der Waals surface area contributed by atoms with E-state index in [1.54, 1.807) is 12.1 Å². The lowest BCUT2D eigenvalue weighted by atomic mass is 10.1. The summed E-state index contributed by atoms with van der Waals surface area (Å²) in [7, 11) is 0. The molecule has 0 atom stereocenters. The Morgan fingerprint density at radius 1 is 1.29 bits per heavy atom. The molecule has 1 nitrogen and oxygen atoms in total. The van der Waals surface area contributed by atoms with Crippen molar-refractivity contribution in [3.05, 3.63) is 28.3 Å². The van der Waals surface area contributed by atoms with Crippen LogP contribution in [0.15, 0.2) is 12.1 Å². The standard InChI is InChI=1S/C9H9Cl4N/c1-5-2-7(10)3-6(8(5)14)4-9(11,12)13/h2-3H,4,14H2,1H3. The van der Waals surface area contributed by atoms with Crippen LogP contribution in [-0.4, -0.2) is 3.79 Å². The Bertz CT molecular complexity index is 343. The largest absolute Gasteiger partial charge is 0.398 e. The molecule has 0 spiro atoms. The summed E-state index contributed by atoms with van der Waals surface area (Å²) in [5.41, 5.74) is 8.10. The molecule has 0 unspecified atom stereocenters. The number of nitrogen functional groups attached to an aromatic ring is 1. The molecule has 0 radical (unpaired) electrons. The van der Waals surface area contributed by atoms with Crippen LogP contribution in [-0.2, 0) is 6.42 Å². The number of benzene rings is 1. The van der Waals surface area contributed by atoms with Gasteiger partial charge in [0, 0.05) is 17.1 Å². The first kappa shape index (κ1) is 12.3. The molecule has 0 aliphatic heterocycles. The van der Waals surface area contributed by atoms with Crippen LogP contribution in [0.1, 0.15) is 11.1 Å². The Morgan fingerprint density at radius 2 is 1.86 bits per heavy atom. The molecule has 0 fully saturated rings. The summed E-state index contributed by atoms with van der Waals surface area (Å²) in [6, 6.07) is 3.49. The van der Waals surface area contributed by atoms with E-state index >= 15 is 0 Å². The van der Waals surface area contributed by atoms with Gasteiger partial charge in [0.15, 0.2) is 3.79 Å². The van der Waals surface area contributed by atoms with Crippen LogP contribution < -0.4 is 5.73 Å². The maximum absolute atomic E-state index is 5.87. The topological polar surface area (TPSA) is 26.0 Å². The van der Waals surface area contributed by atoms with E-state index < -0.39 is 3.79 Å². The van der Waals surface area contributed by atoms with Crippen LogP contribution in [0, 0.1) is 6.92 Å². The smallest absolute Gasteiger partial charge is 0.194 e. The molecule has 1 aromatic rings. The summed E-state index contributed by atoms with van der Waals surface area (Å²) in [5, 5.41) is 0.598. The van der Waals surface area contributed by atoms with E-state index in [1.807, 2.05) is 6.92 Å². The van der Waals surface area contributed by atoms with Crippen LogP contribution in [0.3, 0.4) is 0 Å². The van der Waals surface area contributed by atoms with Gasteiger partial charge in [-0.05, 0) is 30.2 Å². The average molecular weight is 273 g/mol. The third-order valence-corrected chi connectivity index (χ3v) is 2.45. The first-order valence-corrected chi connectivity index (χ1v) is 5.42. The summed E-state index contributed by atoms with van der Waals surface area (Å²) in [5.74, 6) is 0. The highest BCUT2D eigenvalue weighted by atomic mass is 35.6. The highest BCUT2D eigenvalue weighted by Crippen LogP contribution is 2.34. The van der Waals surface area contributed by atoms with Gasteiger partial charge < -0.3 is 5.73 Å². The highest BCUT2D eigenvalue weighted by molar-refractivity contribution is 6.67. The van der Waals surface area contributed by atoms with Gasteiger partial charge in [-0.15, -0.1) is 0 Å². The van der Waals surface area contributed by atoms with Gasteiger partial charge in [0.05, 0.1) is 0 Å². The van der Waals surface area contributed by atoms with Gasteiger partial charge in [0.1, 0.15) is 0 Å². The molecule has 0 bridgehead atoms. The number of alkyl halides is 3. The van der Waals surface area contributed by atoms with Gasteiger partial charge in [-0.25, -0.2) is 0 Å². The number of halogens is 4. The number of hydrogen-bond acceptors (Lipinski definition) is 1. The maximum atomic E-state index is 5.87. The van der Waals surface area contributed by atoms with E-state index in [0.29, 0.717) is 10.7 Å². The normalized spacial score (nSPS) is 11.8. The van der Waals surface area contributed by atoms with E-state index in [1.165, 1.54) is 0 Å². The third kappa shape index (κ3) is 3.39. The van der Waals surface area contributed by atoms with E-state index in [0.717, 1.165) is 11.1 Å². The van der Waals surface area contributed by atoms with Crippen molar-refractivity contribution < 1.29 is 0 Å². The van der Waals surface area contributed by atoms with Gasteiger partial charge in [-0.3, -0.25) is 0 Å². The first-order valence-electron chi connectivity index (χ1n) is 3.91. The van der Waals surface area contributed by atoms with Crippen molar-refractivity contribution in [1.82, 2.24) is 0 Å². The van der Waals surface area contributed by atoms with Crippen molar-refractivity contribution in [2.75, 3.05) is 5.73 Å². The zero-order valence-corrected chi connectivity index (χ0v) is 10.5. The number of hydrogen-bond donors (Lipinski definition) is 1. The van der Waals surface area contributed by atoms with Gasteiger partial charge in [-0.1, -0.05) is 46.4 Å². The predicted octanol–water partition coefficient (Wildman–Crippen LogP) is 4.14. The number of anilines is 1. The fourth-order valence-corrected chi connectivity index (χ4v) is 1.91. The number of nitrogens with two attached hydrogens (primary N) is 1. The van der Waals surface area contributed by atoms with Crippen LogP contribution in [0.4, 0.5) is 5.69 Å². The fourth-order valence-electron chi connectivity index (χ4n) is 1.19. The lowest BCUT2D eigenvalue weighted by Gasteiger charge is -2.14. The number of rotatable bonds is 1. The average Bonchev–Trinajstić information content (AvgIpc) is 1.96. The van der Waals surface area contributed by atoms with Crippen LogP contribution in [0.5, 0.6) is 0 Å². The second-order valence-electron chi connectivity index (χ2n) is 3.09. The van der Waals surface area contributed by atoms with E-state index in [9.17, 15) is 0 Å². The minimum Gasteiger partial charge on any atom is -0.398 e. The second-order valence-corrected chi connectivity index (χ2v) is 6.04. The zero-order valence-electron chi connectivity index (χ0n) is 7.45. The Morgan fingerprint density at radius 3 is 2.36 bits per heavy atom. The van der Waals surface area contributed by atoms with E-state index in [4.69, 9.17) is 52.1 Å². The molecule has 0 aliphatic carbocycles. The lowest BCUT2D eigenvalue weighted by molar-refractivity contribution is 1.02. The van der Waals surface area contributed by atoms with Gasteiger partial charge in [-0.2, -0.15) is 0 Å². The minimum absolute atomic E-state index is 0.255. The van der Waals surface area contributed by atoms with Gasteiger partial charge in [0.25, 0.3) is 0 Å². The van der Waals surface area contributed by atoms with Crippen LogP contribution in [0.25, 0.3) is 0 Å². The summed E-state index contributed by atoms with van der Waals surface area (Å²) in [6.07, 6.45) is 0.255. The molecule has 0 saturated heterocycles. The van der Waals surface area contributed by atoms with Crippen molar-refractivity contribution in [2.45, 2.75) is 17.1 Å². The third-order valence-electron chi connectivity index (χ3n) is 1.83. The highest BCUT2D eigenvalue weighted by Gasteiger charge is 2.22. The van der Waals surface area contributed by atoms with Crippen molar-refractivity contribution in [3.63, 3.8) is 0 Å². The molecule has 1 rings (SSSR count). The molecule has 2 N–H and O–H groups in total. The molecule has 0 amide bonds. The van der Waals surface area contributed by atoms with E-state index in [-0.39, 0.29) is 6.42 Å². The van der Waals surface area contributed by atoms with Crippen LogP contribution in [0.2, 0.25) is 5.02 Å². The van der Waals surface area contributed by atoms with Crippen molar-refractivity contribution in [2.24, 2.45) is 0 Å². The summed E-state index contributed by atoms with van der Waals surface area (Å²) < 4.78 is -1.34. The number of aryl methyl sites for hydroxylation is 1. The second kappa shape index (κ2) is 4.36. The van der Waals surface area contributed by atoms with Crippen LogP contribution >= 0.6 is 46.4 Å². The van der Waals surface area contributed by atoms with Gasteiger partial charge in [0.2, 0.25) is 0 Å². The SMILES string of the molecule is Cc1cc(Cl)cc(CC(Cl)(Cl)Cl)c1N. The van der Waals surface area contributed by atoms with E-state index in [2.05, 4.69) is 0 Å². The minimum atomic E-state index is -1.34. The molecule has 0 heterocycles. The molecule has 0 aliphatic rings. The Hall–Kier alpha value is 0.180. The molecular formula is C9H9Cl4N. The summed E-state index contributed by atoms with van der Waals surface area (Å²) in [4.78, 5) is 0. The Balaban J connectivity index is 3.09. The van der Waals surface area contributed by atoms with Crippen molar-refractivity contribution in [3.8, 4) is 0 Å². The first-order chi connectivity index (χ1) is 6.29. The summed E-state index contributed by atoms with van der Waals surface area (Å²) >= 11 is 22.9. The summed E-state index contributed by atoms with van der Waals surface area (Å²) in [6.45, 7) is 1.86.